The lowest BCUT2D eigenvalue weighted by Crippen LogP contribution is -2.39. The molecule has 1 atom stereocenters. The van der Waals surface area contributed by atoms with E-state index in [2.05, 4.69) is 5.32 Å². The third-order valence-corrected chi connectivity index (χ3v) is 5.78. The SMILES string of the molecule is COc1cc(OC)c(CN2CC3(CCNCC3)CC2C(=O)O)c(C(=O)O)c1. The van der Waals surface area contributed by atoms with Gasteiger partial charge in [-0.1, -0.05) is 0 Å². The van der Waals surface area contributed by atoms with E-state index in [1.165, 1.54) is 20.3 Å². The number of nitrogens with zero attached hydrogens (tertiary/aromatic N) is 1. The molecule has 27 heavy (non-hydrogen) atoms. The highest BCUT2D eigenvalue weighted by molar-refractivity contribution is 5.91. The first-order chi connectivity index (χ1) is 12.9. The Morgan fingerprint density at radius 1 is 1.22 bits per heavy atom. The number of hydrogen-bond donors (Lipinski definition) is 3. The van der Waals surface area contributed by atoms with E-state index in [1.807, 2.05) is 4.90 Å². The zero-order valence-corrected chi connectivity index (χ0v) is 15.7. The van der Waals surface area contributed by atoms with Gasteiger partial charge in [0.15, 0.2) is 0 Å². The Bertz CT molecular complexity index is 729. The fraction of sp³-hybridized carbons (Fsp3) is 0.579. The zero-order valence-electron chi connectivity index (χ0n) is 15.7. The molecule has 3 rings (SSSR count). The van der Waals surface area contributed by atoms with E-state index < -0.39 is 18.0 Å². The van der Waals surface area contributed by atoms with Crippen molar-refractivity contribution in [2.24, 2.45) is 5.41 Å². The summed E-state index contributed by atoms with van der Waals surface area (Å²) in [5, 5.41) is 22.7. The molecular weight excluding hydrogens is 352 g/mol. The molecule has 2 fully saturated rings. The first kappa shape index (κ1) is 19.4. The number of carboxylic acids is 2. The topological polar surface area (TPSA) is 108 Å². The standard InChI is InChI=1S/C19H26N2O6/c1-26-12-7-13(17(22)23)14(16(8-12)27-2)10-21-11-19(3-5-20-6-4-19)9-15(21)18(24)25/h7-8,15,20H,3-6,9-11H2,1-2H3,(H,22,23)(H,24,25). The molecule has 8 heteroatoms. The fourth-order valence-electron chi connectivity index (χ4n) is 4.35. The molecule has 2 aliphatic heterocycles. The summed E-state index contributed by atoms with van der Waals surface area (Å²) in [5.74, 6) is -1.18. The average molecular weight is 378 g/mol. The molecule has 0 aromatic heterocycles. The lowest BCUT2D eigenvalue weighted by Gasteiger charge is -2.33. The van der Waals surface area contributed by atoms with E-state index >= 15 is 0 Å². The molecule has 3 N–H and O–H groups in total. The Morgan fingerprint density at radius 3 is 2.48 bits per heavy atom. The molecule has 1 spiro atoms. The van der Waals surface area contributed by atoms with Crippen LogP contribution >= 0.6 is 0 Å². The molecule has 0 bridgehead atoms. The Balaban J connectivity index is 1.95. The van der Waals surface area contributed by atoms with Crippen LogP contribution in [0.1, 0.15) is 35.2 Å². The second-order valence-electron chi connectivity index (χ2n) is 7.37. The molecule has 0 saturated carbocycles. The van der Waals surface area contributed by atoms with Crippen molar-refractivity contribution in [1.82, 2.24) is 10.2 Å². The van der Waals surface area contributed by atoms with Crippen LogP contribution in [0, 0.1) is 5.41 Å². The highest BCUT2D eigenvalue weighted by Gasteiger charge is 2.47. The number of carboxylic acid groups (broad SMARTS) is 2. The van der Waals surface area contributed by atoms with E-state index in [1.54, 1.807) is 6.07 Å². The third-order valence-electron chi connectivity index (χ3n) is 5.78. The minimum Gasteiger partial charge on any atom is -0.497 e. The maximum atomic E-state index is 11.9. The van der Waals surface area contributed by atoms with Gasteiger partial charge < -0.3 is 25.0 Å². The van der Waals surface area contributed by atoms with Gasteiger partial charge in [0.25, 0.3) is 0 Å². The molecule has 0 radical (unpaired) electrons. The van der Waals surface area contributed by atoms with Crippen LogP contribution in [0.25, 0.3) is 0 Å². The molecule has 1 aromatic rings. The van der Waals surface area contributed by atoms with Crippen molar-refractivity contribution < 1.29 is 29.3 Å². The first-order valence-corrected chi connectivity index (χ1v) is 9.05. The maximum Gasteiger partial charge on any atom is 0.336 e. The van der Waals surface area contributed by atoms with Crippen LogP contribution < -0.4 is 14.8 Å². The van der Waals surface area contributed by atoms with Gasteiger partial charge in [-0.2, -0.15) is 0 Å². The van der Waals surface area contributed by atoms with Crippen molar-refractivity contribution in [3.05, 3.63) is 23.3 Å². The summed E-state index contributed by atoms with van der Waals surface area (Å²) in [7, 11) is 2.93. The van der Waals surface area contributed by atoms with Gasteiger partial charge in [0.2, 0.25) is 0 Å². The predicted octanol–water partition coefficient (Wildman–Crippen LogP) is 1.43. The molecular formula is C19H26N2O6. The van der Waals surface area contributed by atoms with Gasteiger partial charge in [-0.25, -0.2) is 4.79 Å². The van der Waals surface area contributed by atoms with Crippen LogP contribution in [0.15, 0.2) is 12.1 Å². The average Bonchev–Trinajstić information content (AvgIpc) is 3.00. The van der Waals surface area contributed by atoms with Crippen LogP contribution in [-0.4, -0.2) is 66.9 Å². The number of methoxy groups -OCH3 is 2. The quantitative estimate of drug-likeness (QED) is 0.682. The lowest BCUT2D eigenvalue weighted by atomic mass is 9.77. The van der Waals surface area contributed by atoms with E-state index in [4.69, 9.17) is 9.47 Å². The van der Waals surface area contributed by atoms with Crippen molar-refractivity contribution in [2.45, 2.75) is 31.8 Å². The van der Waals surface area contributed by atoms with Crippen LogP contribution in [-0.2, 0) is 11.3 Å². The van der Waals surface area contributed by atoms with E-state index in [-0.39, 0.29) is 17.5 Å². The lowest BCUT2D eigenvalue weighted by molar-refractivity contribution is -0.142. The highest BCUT2D eigenvalue weighted by Crippen LogP contribution is 2.43. The van der Waals surface area contributed by atoms with Gasteiger partial charge >= 0.3 is 11.9 Å². The van der Waals surface area contributed by atoms with Crippen LogP contribution in [0.4, 0.5) is 0 Å². The number of aromatic carboxylic acids is 1. The molecule has 8 nitrogen and oxygen atoms in total. The summed E-state index contributed by atoms with van der Waals surface area (Å²) >= 11 is 0. The number of benzene rings is 1. The fourth-order valence-corrected chi connectivity index (χ4v) is 4.35. The van der Waals surface area contributed by atoms with Crippen molar-refractivity contribution in [3.8, 4) is 11.5 Å². The molecule has 148 valence electrons. The second-order valence-corrected chi connectivity index (χ2v) is 7.37. The monoisotopic (exact) mass is 378 g/mol. The van der Waals surface area contributed by atoms with Crippen LogP contribution in [0.2, 0.25) is 0 Å². The van der Waals surface area contributed by atoms with Gasteiger partial charge in [-0.05, 0) is 43.8 Å². The maximum absolute atomic E-state index is 11.9. The summed E-state index contributed by atoms with van der Waals surface area (Å²) in [5.41, 5.74) is 0.516. The molecule has 2 aliphatic rings. The van der Waals surface area contributed by atoms with Gasteiger partial charge in [-0.15, -0.1) is 0 Å². The third kappa shape index (κ3) is 3.86. The number of ether oxygens (including phenoxy) is 2. The normalized spacial score (nSPS) is 21.9. The summed E-state index contributed by atoms with van der Waals surface area (Å²) in [6.45, 7) is 2.61. The number of likely N-dealkylation sites (tertiary alicyclic amines) is 1. The first-order valence-electron chi connectivity index (χ1n) is 9.05. The van der Waals surface area contributed by atoms with E-state index in [9.17, 15) is 19.8 Å². The molecule has 0 amide bonds. The summed E-state index contributed by atoms with van der Waals surface area (Å²) in [6.07, 6.45) is 2.45. The Morgan fingerprint density at radius 2 is 1.93 bits per heavy atom. The van der Waals surface area contributed by atoms with E-state index in [0.717, 1.165) is 25.9 Å². The highest BCUT2D eigenvalue weighted by atomic mass is 16.5. The predicted molar refractivity (Wildman–Crippen MR) is 97.5 cm³/mol. The summed E-state index contributed by atoms with van der Waals surface area (Å²) in [6, 6.07) is 2.46. The Labute approximate surface area is 158 Å². The van der Waals surface area contributed by atoms with Crippen LogP contribution in [0.5, 0.6) is 11.5 Å². The number of hydrogen-bond acceptors (Lipinski definition) is 6. The number of aliphatic carboxylic acids is 1. The van der Waals surface area contributed by atoms with Crippen molar-refractivity contribution >= 4 is 11.9 Å². The molecule has 1 unspecified atom stereocenters. The summed E-state index contributed by atoms with van der Waals surface area (Å²) < 4.78 is 10.6. The van der Waals surface area contributed by atoms with Gasteiger partial charge in [-0.3, -0.25) is 9.69 Å². The minimum absolute atomic E-state index is 0.0304. The molecule has 2 saturated heterocycles. The number of carbonyl (C=O) groups is 2. The van der Waals surface area contributed by atoms with Crippen molar-refractivity contribution in [1.29, 1.82) is 0 Å². The summed E-state index contributed by atoms with van der Waals surface area (Å²) in [4.78, 5) is 25.5. The Hall–Kier alpha value is -2.32. The smallest absolute Gasteiger partial charge is 0.336 e. The number of rotatable bonds is 6. The zero-order chi connectivity index (χ0) is 19.6. The largest absolute Gasteiger partial charge is 0.497 e. The number of piperidine rings is 1. The minimum atomic E-state index is -1.09. The molecule has 0 aliphatic carbocycles. The van der Waals surface area contributed by atoms with Gasteiger partial charge in [0.1, 0.15) is 17.5 Å². The van der Waals surface area contributed by atoms with Gasteiger partial charge in [0, 0.05) is 24.7 Å². The molecule has 1 aromatic carbocycles. The molecule has 2 heterocycles. The van der Waals surface area contributed by atoms with Gasteiger partial charge in [0.05, 0.1) is 19.8 Å². The van der Waals surface area contributed by atoms with Crippen molar-refractivity contribution in [3.63, 3.8) is 0 Å². The van der Waals surface area contributed by atoms with E-state index in [0.29, 0.717) is 30.0 Å². The number of nitrogens with one attached hydrogen (secondary N) is 1. The second kappa shape index (κ2) is 7.74. The Kier molecular flexibility index (Phi) is 5.57. The van der Waals surface area contributed by atoms with Crippen LogP contribution in [0.3, 0.4) is 0 Å². The van der Waals surface area contributed by atoms with Crippen molar-refractivity contribution in [2.75, 3.05) is 33.9 Å².